The molecule has 3 N–H and O–H groups in total. The van der Waals surface area contributed by atoms with Crippen LogP contribution in [0.1, 0.15) is 27.2 Å². The van der Waals surface area contributed by atoms with Crippen LogP contribution < -0.4 is 11.1 Å². The Hall–Kier alpha value is -0.150. The van der Waals surface area contributed by atoms with Gasteiger partial charge in [0.25, 0.3) is 0 Å². The summed E-state index contributed by atoms with van der Waals surface area (Å²) >= 11 is 4.86. The normalized spacial score (nSPS) is 13.3. The van der Waals surface area contributed by atoms with Crippen molar-refractivity contribution in [3.63, 3.8) is 0 Å². The second kappa shape index (κ2) is 6.38. The molecule has 0 rings (SSSR count). The van der Waals surface area contributed by atoms with Gasteiger partial charge in [0.15, 0.2) is 0 Å². The molecular weight excluding hydrogens is 168 g/mol. The smallest absolute Gasteiger partial charge is 0.0768 e. The lowest BCUT2D eigenvalue weighted by Crippen LogP contribution is -2.30. The molecule has 0 heterocycles. The van der Waals surface area contributed by atoms with E-state index in [-0.39, 0.29) is 0 Å². The third kappa shape index (κ3) is 6.55. The molecule has 0 aromatic rings. The minimum absolute atomic E-state index is 0.312. The quantitative estimate of drug-likeness (QED) is 0.490. The van der Waals surface area contributed by atoms with Crippen molar-refractivity contribution in [1.29, 1.82) is 0 Å². The second-order valence-electron chi connectivity index (χ2n) is 3.69. The zero-order valence-electron chi connectivity index (χ0n) is 8.26. The first-order valence-corrected chi connectivity index (χ1v) is 4.95. The summed E-state index contributed by atoms with van der Waals surface area (Å²) in [7, 11) is 0. The van der Waals surface area contributed by atoms with Gasteiger partial charge in [-0.05, 0) is 18.9 Å². The topological polar surface area (TPSA) is 38.0 Å². The summed E-state index contributed by atoms with van der Waals surface area (Å²) in [6.07, 6.45) is 1.21. The lowest BCUT2D eigenvalue weighted by Gasteiger charge is -2.11. The number of thiocarbonyl (C=S) groups is 1. The van der Waals surface area contributed by atoms with E-state index in [0.29, 0.717) is 10.9 Å². The lowest BCUT2D eigenvalue weighted by molar-refractivity contribution is 0.522. The molecule has 2 nitrogen and oxygen atoms in total. The average molecular weight is 188 g/mol. The SMILES string of the molecule is CC(C)CCNCC(C)C(N)=S. The maximum atomic E-state index is 5.47. The van der Waals surface area contributed by atoms with E-state index >= 15 is 0 Å². The van der Waals surface area contributed by atoms with Crippen LogP contribution >= 0.6 is 12.2 Å². The molecule has 0 aliphatic heterocycles. The fraction of sp³-hybridized carbons (Fsp3) is 0.889. The molecule has 0 aliphatic carbocycles. The van der Waals surface area contributed by atoms with Crippen LogP contribution in [-0.2, 0) is 0 Å². The van der Waals surface area contributed by atoms with Gasteiger partial charge in [0.1, 0.15) is 0 Å². The molecule has 0 radical (unpaired) electrons. The summed E-state index contributed by atoms with van der Waals surface area (Å²) in [5, 5.41) is 3.33. The van der Waals surface area contributed by atoms with E-state index in [2.05, 4.69) is 19.2 Å². The first-order chi connectivity index (χ1) is 5.54. The summed E-state index contributed by atoms with van der Waals surface area (Å²) in [5.74, 6) is 1.07. The van der Waals surface area contributed by atoms with Gasteiger partial charge in [0, 0.05) is 12.5 Å². The number of nitrogens with two attached hydrogens (primary N) is 1. The van der Waals surface area contributed by atoms with E-state index in [1.165, 1.54) is 6.42 Å². The summed E-state index contributed by atoms with van der Waals surface area (Å²) in [5.41, 5.74) is 5.47. The van der Waals surface area contributed by atoms with Crippen LogP contribution in [0.25, 0.3) is 0 Å². The highest BCUT2D eigenvalue weighted by molar-refractivity contribution is 7.80. The van der Waals surface area contributed by atoms with E-state index in [1.54, 1.807) is 0 Å². The average Bonchev–Trinajstić information content (AvgIpc) is 1.97. The molecular formula is C9H20N2S. The standard InChI is InChI=1S/C9H20N2S/c1-7(2)4-5-11-6-8(3)9(10)12/h7-8,11H,4-6H2,1-3H3,(H2,10,12). The van der Waals surface area contributed by atoms with E-state index in [1.807, 2.05) is 6.92 Å². The second-order valence-corrected chi connectivity index (χ2v) is 4.16. The summed E-state index contributed by atoms with van der Waals surface area (Å²) < 4.78 is 0. The summed E-state index contributed by atoms with van der Waals surface area (Å²) in [6.45, 7) is 8.45. The maximum absolute atomic E-state index is 5.47. The number of nitrogens with one attached hydrogen (secondary N) is 1. The highest BCUT2D eigenvalue weighted by Gasteiger charge is 2.03. The molecule has 1 unspecified atom stereocenters. The van der Waals surface area contributed by atoms with Crippen molar-refractivity contribution in [3.05, 3.63) is 0 Å². The Labute approximate surface area is 80.9 Å². The zero-order valence-corrected chi connectivity index (χ0v) is 9.08. The number of rotatable bonds is 6. The third-order valence-corrected chi connectivity index (χ3v) is 2.24. The lowest BCUT2D eigenvalue weighted by atomic mass is 10.1. The van der Waals surface area contributed by atoms with E-state index in [4.69, 9.17) is 18.0 Å². The van der Waals surface area contributed by atoms with Crippen LogP contribution in [0.4, 0.5) is 0 Å². The van der Waals surface area contributed by atoms with Crippen molar-refractivity contribution >= 4 is 17.2 Å². The van der Waals surface area contributed by atoms with Crippen LogP contribution in [0.15, 0.2) is 0 Å². The van der Waals surface area contributed by atoms with Crippen molar-refractivity contribution < 1.29 is 0 Å². The molecule has 0 bridgehead atoms. The molecule has 0 amide bonds. The fourth-order valence-electron chi connectivity index (χ4n) is 0.810. The highest BCUT2D eigenvalue weighted by Crippen LogP contribution is 1.97. The highest BCUT2D eigenvalue weighted by atomic mass is 32.1. The van der Waals surface area contributed by atoms with E-state index < -0.39 is 0 Å². The maximum Gasteiger partial charge on any atom is 0.0768 e. The van der Waals surface area contributed by atoms with Crippen molar-refractivity contribution in [2.45, 2.75) is 27.2 Å². The number of hydrogen-bond acceptors (Lipinski definition) is 2. The van der Waals surface area contributed by atoms with Crippen LogP contribution in [-0.4, -0.2) is 18.1 Å². The largest absolute Gasteiger partial charge is 0.393 e. The van der Waals surface area contributed by atoms with Crippen molar-refractivity contribution in [1.82, 2.24) is 5.32 Å². The zero-order chi connectivity index (χ0) is 9.56. The van der Waals surface area contributed by atoms with Gasteiger partial charge in [-0.1, -0.05) is 33.0 Å². The summed E-state index contributed by atoms with van der Waals surface area (Å²) in [6, 6.07) is 0. The van der Waals surface area contributed by atoms with Gasteiger partial charge < -0.3 is 11.1 Å². The van der Waals surface area contributed by atoms with Gasteiger partial charge in [0.05, 0.1) is 4.99 Å². The third-order valence-electron chi connectivity index (χ3n) is 1.83. The molecule has 0 fully saturated rings. The van der Waals surface area contributed by atoms with Crippen molar-refractivity contribution in [3.8, 4) is 0 Å². The van der Waals surface area contributed by atoms with Gasteiger partial charge in [-0.2, -0.15) is 0 Å². The van der Waals surface area contributed by atoms with Crippen LogP contribution in [0, 0.1) is 11.8 Å². The molecule has 0 saturated heterocycles. The molecule has 0 aliphatic rings. The fourth-order valence-corrected chi connectivity index (χ4v) is 0.893. The van der Waals surface area contributed by atoms with E-state index in [0.717, 1.165) is 19.0 Å². The molecule has 0 aromatic carbocycles. The first-order valence-electron chi connectivity index (χ1n) is 4.54. The van der Waals surface area contributed by atoms with Crippen LogP contribution in [0.5, 0.6) is 0 Å². The first kappa shape index (κ1) is 11.8. The van der Waals surface area contributed by atoms with Gasteiger partial charge in [-0.3, -0.25) is 0 Å². The van der Waals surface area contributed by atoms with Crippen LogP contribution in [0.3, 0.4) is 0 Å². The predicted octanol–water partition coefficient (Wildman–Crippen LogP) is 1.54. The Morgan fingerprint density at radius 1 is 1.42 bits per heavy atom. The summed E-state index contributed by atoms with van der Waals surface area (Å²) in [4.78, 5) is 0.604. The van der Waals surface area contributed by atoms with Gasteiger partial charge in [-0.15, -0.1) is 0 Å². The van der Waals surface area contributed by atoms with Gasteiger partial charge >= 0.3 is 0 Å². The molecule has 0 saturated carbocycles. The molecule has 3 heteroatoms. The Balaban J connectivity index is 3.25. The Bertz CT molecular complexity index is 134. The Morgan fingerprint density at radius 2 is 2.00 bits per heavy atom. The van der Waals surface area contributed by atoms with E-state index in [9.17, 15) is 0 Å². The molecule has 72 valence electrons. The van der Waals surface area contributed by atoms with Gasteiger partial charge in [0.2, 0.25) is 0 Å². The van der Waals surface area contributed by atoms with Crippen molar-refractivity contribution in [2.24, 2.45) is 17.6 Å². The molecule has 0 spiro atoms. The Kier molecular flexibility index (Phi) is 6.30. The van der Waals surface area contributed by atoms with Gasteiger partial charge in [-0.25, -0.2) is 0 Å². The van der Waals surface area contributed by atoms with Crippen molar-refractivity contribution in [2.75, 3.05) is 13.1 Å². The minimum Gasteiger partial charge on any atom is -0.393 e. The predicted molar refractivity (Wildman–Crippen MR) is 58.3 cm³/mol. The number of hydrogen-bond donors (Lipinski definition) is 2. The molecule has 1 atom stereocenters. The Morgan fingerprint density at radius 3 is 2.42 bits per heavy atom. The monoisotopic (exact) mass is 188 g/mol. The minimum atomic E-state index is 0.312. The molecule has 0 aromatic heterocycles. The van der Waals surface area contributed by atoms with Crippen LogP contribution in [0.2, 0.25) is 0 Å². The molecule has 12 heavy (non-hydrogen) atoms.